The van der Waals surface area contributed by atoms with Crippen LogP contribution in [0.25, 0.3) is 0 Å². The molecule has 0 aliphatic rings. The molecule has 2 N–H and O–H groups in total. The lowest BCUT2D eigenvalue weighted by Crippen LogP contribution is -2.18. The summed E-state index contributed by atoms with van der Waals surface area (Å²) < 4.78 is 18.1. The normalized spacial score (nSPS) is 10.2. The lowest BCUT2D eigenvalue weighted by Gasteiger charge is -2.12. The van der Waals surface area contributed by atoms with Crippen molar-refractivity contribution < 1.29 is 18.7 Å². The predicted octanol–water partition coefficient (Wildman–Crippen LogP) is 4.38. The third kappa shape index (κ3) is 4.73. The van der Waals surface area contributed by atoms with Crippen LogP contribution in [0, 0.1) is 5.82 Å². The Balaban J connectivity index is 1.68. The van der Waals surface area contributed by atoms with E-state index >= 15 is 0 Å². The number of nitrogens with one attached hydrogen (secondary N) is 2. The molecule has 0 aromatic heterocycles. The van der Waals surface area contributed by atoms with E-state index in [4.69, 9.17) is 4.74 Å². The van der Waals surface area contributed by atoms with Gasteiger partial charge in [-0.2, -0.15) is 0 Å². The number of halogens is 1. The van der Waals surface area contributed by atoms with Crippen LogP contribution in [-0.4, -0.2) is 25.3 Å². The predicted molar refractivity (Wildman–Crippen MR) is 107 cm³/mol. The number of ketones is 1. The summed E-state index contributed by atoms with van der Waals surface area (Å²) in [7, 11) is 1.56. The van der Waals surface area contributed by atoms with Gasteiger partial charge in [0.15, 0.2) is 5.78 Å². The van der Waals surface area contributed by atoms with Gasteiger partial charge < -0.3 is 15.4 Å². The topological polar surface area (TPSA) is 67.4 Å². The van der Waals surface area contributed by atoms with E-state index in [1.54, 1.807) is 55.6 Å². The summed E-state index contributed by atoms with van der Waals surface area (Å²) in [6.07, 6.45) is 0. The molecule has 28 heavy (non-hydrogen) atoms. The summed E-state index contributed by atoms with van der Waals surface area (Å²) in [5.74, 6) is -0.174. The van der Waals surface area contributed by atoms with Crippen LogP contribution >= 0.6 is 0 Å². The van der Waals surface area contributed by atoms with E-state index in [0.29, 0.717) is 28.3 Å². The van der Waals surface area contributed by atoms with Gasteiger partial charge in [0.25, 0.3) is 5.91 Å². The minimum atomic E-state index is -0.378. The van der Waals surface area contributed by atoms with E-state index in [1.807, 2.05) is 0 Å². The van der Waals surface area contributed by atoms with Crippen molar-refractivity contribution in [1.82, 2.24) is 0 Å². The molecule has 0 spiro atoms. The molecule has 1 amide bonds. The molecule has 0 aliphatic carbocycles. The van der Waals surface area contributed by atoms with Crippen LogP contribution in [0.5, 0.6) is 5.75 Å². The molecule has 142 valence electrons. The number of carbonyl (C=O) groups is 2. The van der Waals surface area contributed by atoms with Crippen LogP contribution in [0.3, 0.4) is 0 Å². The van der Waals surface area contributed by atoms with Crippen molar-refractivity contribution in [3.63, 3.8) is 0 Å². The number of para-hydroxylation sites is 1. The maximum atomic E-state index is 13.0. The molecule has 3 rings (SSSR count). The molecule has 0 saturated heterocycles. The van der Waals surface area contributed by atoms with Gasteiger partial charge in [-0.3, -0.25) is 9.59 Å². The third-order valence-corrected chi connectivity index (χ3v) is 4.13. The number of anilines is 2. The third-order valence-electron chi connectivity index (χ3n) is 4.13. The first kappa shape index (κ1) is 19.1. The zero-order valence-electron chi connectivity index (χ0n) is 15.2. The zero-order chi connectivity index (χ0) is 19.9. The Labute approximate surface area is 162 Å². The van der Waals surface area contributed by atoms with Crippen LogP contribution in [-0.2, 0) is 0 Å². The minimum absolute atomic E-state index is 0.0349. The lowest BCUT2D eigenvalue weighted by atomic mass is 10.1. The van der Waals surface area contributed by atoms with Gasteiger partial charge in [-0.15, -0.1) is 0 Å². The SMILES string of the molecule is COc1ccc(C(=O)CNc2ccccc2C(=O)Nc2ccc(F)cc2)cc1. The molecule has 0 atom stereocenters. The molecule has 0 bridgehead atoms. The summed E-state index contributed by atoms with van der Waals surface area (Å²) in [5.41, 5.74) is 1.94. The van der Waals surface area contributed by atoms with Gasteiger partial charge in [0.05, 0.1) is 19.2 Å². The Morgan fingerprint density at radius 2 is 1.61 bits per heavy atom. The summed E-state index contributed by atoms with van der Waals surface area (Å²) in [6.45, 7) is 0.0349. The molecule has 0 fully saturated rings. The van der Waals surface area contributed by atoms with Crippen molar-refractivity contribution in [2.24, 2.45) is 0 Å². The van der Waals surface area contributed by atoms with E-state index in [9.17, 15) is 14.0 Å². The monoisotopic (exact) mass is 378 g/mol. The van der Waals surface area contributed by atoms with E-state index in [-0.39, 0.29) is 24.1 Å². The van der Waals surface area contributed by atoms with Gasteiger partial charge in [-0.25, -0.2) is 4.39 Å². The number of ether oxygens (including phenoxy) is 1. The van der Waals surface area contributed by atoms with Gasteiger partial charge in [-0.05, 0) is 60.7 Å². The van der Waals surface area contributed by atoms with Gasteiger partial charge in [0.1, 0.15) is 11.6 Å². The van der Waals surface area contributed by atoms with E-state index in [0.717, 1.165) is 0 Å². The van der Waals surface area contributed by atoms with Crippen molar-refractivity contribution in [3.05, 3.63) is 89.7 Å². The first-order valence-electron chi connectivity index (χ1n) is 8.64. The number of hydrogen-bond acceptors (Lipinski definition) is 4. The molecule has 3 aromatic carbocycles. The van der Waals surface area contributed by atoms with Crippen LogP contribution < -0.4 is 15.4 Å². The molecule has 0 radical (unpaired) electrons. The molecule has 0 saturated carbocycles. The fourth-order valence-electron chi connectivity index (χ4n) is 2.62. The number of rotatable bonds is 7. The molecular formula is C22H19FN2O3. The van der Waals surface area contributed by atoms with Gasteiger partial charge in [-0.1, -0.05) is 12.1 Å². The van der Waals surface area contributed by atoms with Gasteiger partial charge >= 0.3 is 0 Å². The minimum Gasteiger partial charge on any atom is -0.497 e. The number of Topliss-reactive ketones (excluding diaryl/α,β-unsaturated/α-hetero) is 1. The first-order chi connectivity index (χ1) is 13.6. The molecule has 0 unspecified atom stereocenters. The second kappa shape index (κ2) is 8.81. The summed E-state index contributed by atoms with van der Waals surface area (Å²) >= 11 is 0. The molecule has 0 heterocycles. The summed E-state index contributed by atoms with van der Waals surface area (Å²) in [4.78, 5) is 24.9. The number of amides is 1. The Morgan fingerprint density at radius 1 is 0.929 bits per heavy atom. The molecule has 6 heteroatoms. The lowest BCUT2D eigenvalue weighted by molar-refractivity contribution is 0.100. The number of benzene rings is 3. The van der Waals surface area contributed by atoms with Crippen molar-refractivity contribution >= 4 is 23.1 Å². The average Bonchev–Trinajstić information content (AvgIpc) is 2.74. The van der Waals surface area contributed by atoms with Gasteiger partial charge in [0.2, 0.25) is 0 Å². The molecular weight excluding hydrogens is 359 g/mol. The zero-order valence-corrected chi connectivity index (χ0v) is 15.2. The van der Waals surface area contributed by atoms with Crippen LogP contribution in [0.4, 0.5) is 15.8 Å². The highest BCUT2D eigenvalue weighted by atomic mass is 19.1. The van der Waals surface area contributed by atoms with Crippen molar-refractivity contribution in [2.75, 3.05) is 24.3 Å². The van der Waals surface area contributed by atoms with Crippen LogP contribution in [0.15, 0.2) is 72.8 Å². The Hall–Kier alpha value is -3.67. The van der Waals surface area contributed by atoms with Crippen molar-refractivity contribution in [3.8, 4) is 5.75 Å². The number of methoxy groups -OCH3 is 1. The molecule has 0 aliphatic heterocycles. The highest BCUT2D eigenvalue weighted by Gasteiger charge is 2.13. The van der Waals surface area contributed by atoms with E-state index in [1.165, 1.54) is 24.3 Å². The summed E-state index contributed by atoms with van der Waals surface area (Å²) in [5, 5.41) is 5.73. The maximum Gasteiger partial charge on any atom is 0.257 e. The summed E-state index contributed by atoms with van der Waals surface area (Å²) in [6, 6.07) is 19.2. The van der Waals surface area contributed by atoms with Crippen LogP contribution in [0.2, 0.25) is 0 Å². The fraction of sp³-hybridized carbons (Fsp3) is 0.0909. The number of carbonyl (C=O) groups excluding carboxylic acids is 2. The molecule has 3 aromatic rings. The first-order valence-corrected chi connectivity index (χ1v) is 8.64. The second-order valence-electron chi connectivity index (χ2n) is 6.01. The van der Waals surface area contributed by atoms with E-state index in [2.05, 4.69) is 10.6 Å². The largest absolute Gasteiger partial charge is 0.497 e. The van der Waals surface area contributed by atoms with Crippen LogP contribution in [0.1, 0.15) is 20.7 Å². The van der Waals surface area contributed by atoms with E-state index < -0.39 is 0 Å². The average molecular weight is 378 g/mol. The highest BCUT2D eigenvalue weighted by Crippen LogP contribution is 2.18. The quantitative estimate of drug-likeness (QED) is 0.599. The Morgan fingerprint density at radius 3 is 2.29 bits per heavy atom. The van der Waals surface area contributed by atoms with Crippen molar-refractivity contribution in [2.45, 2.75) is 0 Å². The van der Waals surface area contributed by atoms with Crippen molar-refractivity contribution in [1.29, 1.82) is 0 Å². The molecule has 5 nitrogen and oxygen atoms in total. The second-order valence-corrected chi connectivity index (χ2v) is 6.01. The number of hydrogen-bond donors (Lipinski definition) is 2. The highest BCUT2D eigenvalue weighted by molar-refractivity contribution is 6.08. The smallest absolute Gasteiger partial charge is 0.257 e. The standard InChI is InChI=1S/C22H19FN2O3/c1-28-18-12-6-15(7-13-18)21(26)14-24-20-5-3-2-4-19(20)22(27)25-17-10-8-16(23)9-11-17/h2-13,24H,14H2,1H3,(H,25,27). The Bertz CT molecular complexity index is 970. The van der Waals surface area contributed by atoms with Gasteiger partial charge in [0, 0.05) is 16.9 Å². The maximum absolute atomic E-state index is 13.0. The fourth-order valence-corrected chi connectivity index (χ4v) is 2.62. The Kier molecular flexibility index (Phi) is 6.01.